The number of esters is 1. The van der Waals surface area contributed by atoms with Crippen molar-refractivity contribution in [3.63, 3.8) is 0 Å². The maximum absolute atomic E-state index is 13.1. The molecule has 0 bridgehead atoms. The molecule has 0 radical (unpaired) electrons. The molecule has 0 aromatic rings. The number of rotatable bonds is 6. The maximum Gasteiger partial charge on any atom is 0.313 e. The predicted octanol–water partition coefficient (Wildman–Crippen LogP) is 1.08. The number of likely N-dealkylation sites (N-methyl/N-ethyl adjacent to an activating group) is 1. The lowest BCUT2D eigenvalue weighted by Gasteiger charge is -2.33. The second-order valence-corrected chi connectivity index (χ2v) is 8.89. The maximum atomic E-state index is 13.1. The van der Waals surface area contributed by atoms with Crippen molar-refractivity contribution in [2.24, 2.45) is 17.3 Å². The van der Waals surface area contributed by atoms with Crippen molar-refractivity contribution in [1.29, 1.82) is 0 Å². The summed E-state index contributed by atoms with van der Waals surface area (Å²) in [7, 11) is 4.15. The highest BCUT2D eigenvalue weighted by molar-refractivity contribution is 5.80. The fourth-order valence-electron chi connectivity index (χ4n) is 5.06. The number of ether oxygens (including phenoxy) is 2. The Balaban J connectivity index is 1.74. The second-order valence-electron chi connectivity index (χ2n) is 8.89. The molecule has 0 aromatic heterocycles. The summed E-state index contributed by atoms with van der Waals surface area (Å²) in [6, 6.07) is 0. The van der Waals surface area contributed by atoms with Crippen LogP contribution in [0.4, 0.5) is 0 Å². The molecular weight excluding hydrogens is 358 g/mol. The van der Waals surface area contributed by atoms with Crippen LogP contribution in [0.25, 0.3) is 0 Å². The molecule has 3 aliphatic rings. The van der Waals surface area contributed by atoms with Gasteiger partial charge >= 0.3 is 5.97 Å². The molecule has 3 fully saturated rings. The Labute approximate surface area is 169 Å². The van der Waals surface area contributed by atoms with Crippen LogP contribution in [0, 0.1) is 17.3 Å². The minimum Gasteiger partial charge on any atom is -0.466 e. The van der Waals surface area contributed by atoms with Gasteiger partial charge in [-0.25, -0.2) is 0 Å². The first-order chi connectivity index (χ1) is 13.5. The third-order valence-corrected chi connectivity index (χ3v) is 6.69. The van der Waals surface area contributed by atoms with Gasteiger partial charge in [-0.3, -0.25) is 9.59 Å². The average molecular weight is 396 g/mol. The van der Waals surface area contributed by atoms with Gasteiger partial charge in [0.1, 0.15) is 0 Å². The van der Waals surface area contributed by atoms with E-state index in [0.717, 1.165) is 58.4 Å². The van der Waals surface area contributed by atoms with Gasteiger partial charge in [0.25, 0.3) is 0 Å². The summed E-state index contributed by atoms with van der Waals surface area (Å²) >= 11 is 0. The molecule has 0 aliphatic carbocycles. The molecule has 28 heavy (non-hydrogen) atoms. The molecule has 1 amide bonds. The Kier molecular flexibility index (Phi) is 7.34. The molecule has 7 heteroatoms. The highest BCUT2D eigenvalue weighted by Gasteiger charge is 2.54. The first kappa shape index (κ1) is 21.5. The number of likely N-dealkylation sites (tertiary alicyclic amines) is 2. The minimum absolute atomic E-state index is 0.0623. The van der Waals surface area contributed by atoms with Crippen LogP contribution in [0.1, 0.15) is 32.6 Å². The topological polar surface area (TPSA) is 62.3 Å². The zero-order valence-electron chi connectivity index (χ0n) is 17.8. The van der Waals surface area contributed by atoms with E-state index in [1.807, 2.05) is 11.8 Å². The molecule has 2 atom stereocenters. The molecule has 3 rings (SSSR count). The average Bonchev–Trinajstić information content (AvgIpc) is 2.94. The third kappa shape index (κ3) is 4.69. The second kappa shape index (κ2) is 9.55. The Morgan fingerprint density at radius 2 is 1.96 bits per heavy atom. The Hall–Kier alpha value is -1.18. The van der Waals surface area contributed by atoms with Gasteiger partial charge in [0, 0.05) is 64.3 Å². The fraction of sp³-hybridized carbons (Fsp3) is 0.905. The number of hydrogen-bond donors (Lipinski definition) is 0. The van der Waals surface area contributed by atoms with E-state index in [0.29, 0.717) is 26.4 Å². The van der Waals surface area contributed by atoms with Gasteiger partial charge in [-0.05, 0) is 46.7 Å². The minimum atomic E-state index is -0.465. The summed E-state index contributed by atoms with van der Waals surface area (Å²) in [6.07, 6.45) is 3.31. The Bertz CT molecular complexity index is 550. The van der Waals surface area contributed by atoms with Crippen LogP contribution in [0.15, 0.2) is 0 Å². The van der Waals surface area contributed by atoms with Crippen molar-refractivity contribution in [2.45, 2.75) is 32.6 Å². The molecule has 0 saturated carbocycles. The van der Waals surface area contributed by atoms with Crippen molar-refractivity contribution in [3.8, 4) is 0 Å². The fourth-order valence-corrected chi connectivity index (χ4v) is 5.06. The third-order valence-electron chi connectivity index (χ3n) is 6.69. The number of hydrogen-bond acceptors (Lipinski definition) is 6. The molecule has 0 aromatic carbocycles. The molecule has 160 valence electrons. The van der Waals surface area contributed by atoms with Crippen LogP contribution in [0.2, 0.25) is 0 Å². The lowest BCUT2D eigenvalue weighted by Crippen LogP contribution is -2.45. The molecule has 0 N–H and O–H groups in total. The SMILES string of the molecule is CCOC(=O)[C@]12CCCN(C(=O)C3CCOCC3)C[C@@H]1CN(CCN(C)C)C2. The van der Waals surface area contributed by atoms with Crippen LogP contribution in [-0.2, 0) is 19.1 Å². The van der Waals surface area contributed by atoms with E-state index in [1.54, 1.807) is 0 Å². The lowest BCUT2D eigenvalue weighted by atomic mass is 9.75. The molecule has 3 heterocycles. The summed E-state index contributed by atoms with van der Waals surface area (Å²) in [5, 5.41) is 0. The molecule has 7 nitrogen and oxygen atoms in total. The van der Waals surface area contributed by atoms with Gasteiger partial charge in [-0.15, -0.1) is 0 Å². The Morgan fingerprint density at radius 3 is 2.64 bits per heavy atom. The van der Waals surface area contributed by atoms with Gasteiger partial charge in [-0.2, -0.15) is 0 Å². The smallest absolute Gasteiger partial charge is 0.313 e. The Morgan fingerprint density at radius 1 is 1.21 bits per heavy atom. The summed E-state index contributed by atoms with van der Waals surface area (Å²) < 4.78 is 11.0. The standard InChI is InChI=1S/C21H37N3O4/c1-4-28-20(26)21-8-5-9-24(19(25)17-6-12-27-13-7-17)15-18(21)14-23(16-21)11-10-22(2)3/h17-18H,4-16H2,1-3H3/t18-,21-/m0/s1. The number of fused-ring (bicyclic) bond motifs is 1. The highest BCUT2D eigenvalue weighted by atomic mass is 16.5. The summed E-state index contributed by atoms with van der Waals surface area (Å²) in [4.78, 5) is 32.8. The zero-order chi connectivity index (χ0) is 20.1. The number of carbonyl (C=O) groups excluding carboxylic acids is 2. The largest absolute Gasteiger partial charge is 0.466 e. The molecule has 3 saturated heterocycles. The van der Waals surface area contributed by atoms with Gasteiger partial charge in [-0.1, -0.05) is 0 Å². The van der Waals surface area contributed by atoms with Crippen LogP contribution in [-0.4, -0.2) is 99.8 Å². The van der Waals surface area contributed by atoms with Crippen molar-refractivity contribution < 1.29 is 19.1 Å². The first-order valence-corrected chi connectivity index (χ1v) is 10.9. The van der Waals surface area contributed by atoms with E-state index in [-0.39, 0.29) is 23.7 Å². The quantitative estimate of drug-likeness (QED) is 0.627. The first-order valence-electron chi connectivity index (χ1n) is 10.9. The number of nitrogens with zero attached hydrogens (tertiary/aromatic N) is 3. The van der Waals surface area contributed by atoms with E-state index in [9.17, 15) is 9.59 Å². The van der Waals surface area contributed by atoms with E-state index >= 15 is 0 Å². The molecule has 3 aliphatic heterocycles. The monoisotopic (exact) mass is 395 g/mol. The summed E-state index contributed by atoms with van der Waals surface area (Å²) in [5.41, 5.74) is -0.465. The van der Waals surface area contributed by atoms with E-state index in [2.05, 4.69) is 23.9 Å². The van der Waals surface area contributed by atoms with Crippen LogP contribution in [0.3, 0.4) is 0 Å². The molecule has 0 unspecified atom stereocenters. The normalized spacial score (nSPS) is 29.6. The van der Waals surface area contributed by atoms with Crippen molar-refractivity contribution in [2.75, 3.05) is 73.2 Å². The van der Waals surface area contributed by atoms with Crippen LogP contribution >= 0.6 is 0 Å². The number of carbonyl (C=O) groups is 2. The lowest BCUT2D eigenvalue weighted by molar-refractivity contribution is -0.158. The van der Waals surface area contributed by atoms with Gasteiger partial charge in [0.15, 0.2) is 0 Å². The van der Waals surface area contributed by atoms with Gasteiger partial charge < -0.3 is 24.2 Å². The van der Waals surface area contributed by atoms with E-state index < -0.39 is 5.41 Å². The number of amides is 1. The van der Waals surface area contributed by atoms with Crippen molar-refractivity contribution in [1.82, 2.24) is 14.7 Å². The van der Waals surface area contributed by atoms with Crippen LogP contribution < -0.4 is 0 Å². The van der Waals surface area contributed by atoms with Crippen molar-refractivity contribution in [3.05, 3.63) is 0 Å². The zero-order valence-corrected chi connectivity index (χ0v) is 17.8. The van der Waals surface area contributed by atoms with Crippen LogP contribution in [0.5, 0.6) is 0 Å². The van der Waals surface area contributed by atoms with E-state index in [4.69, 9.17) is 9.47 Å². The van der Waals surface area contributed by atoms with Gasteiger partial charge in [0.05, 0.1) is 12.0 Å². The highest BCUT2D eigenvalue weighted by Crippen LogP contribution is 2.44. The summed E-state index contributed by atoms with van der Waals surface area (Å²) in [6.45, 7) is 8.61. The predicted molar refractivity (Wildman–Crippen MR) is 107 cm³/mol. The molecular formula is C21H37N3O4. The van der Waals surface area contributed by atoms with E-state index in [1.165, 1.54) is 0 Å². The molecule has 0 spiro atoms. The van der Waals surface area contributed by atoms with Gasteiger partial charge in [0.2, 0.25) is 5.91 Å². The summed E-state index contributed by atoms with van der Waals surface area (Å²) in [5.74, 6) is 0.428. The van der Waals surface area contributed by atoms with Crippen molar-refractivity contribution >= 4 is 11.9 Å².